The number of halogens is 1. The maximum absolute atomic E-state index is 11.8. The maximum Gasteiger partial charge on any atom is 0.184 e. The van der Waals surface area contributed by atoms with Crippen LogP contribution >= 0.6 is 39.0 Å². The lowest BCUT2D eigenvalue weighted by atomic mass is 10.3. The third kappa shape index (κ3) is 2.90. The first kappa shape index (κ1) is 11.8. The molecule has 2 aromatic heterocycles. The van der Waals surface area contributed by atoms with Crippen LogP contribution in [0.4, 0.5) is 0 Å². The van der Waals surface area contributed by atoms with E-state index in [-0.39, 0.29) is 5.78 Å². The van der Waals surface area contributed by atoms with Crippen molar-refractivity contribution in [2.24, 2.45) is 0 Å². The lowest BCUT2D eigenvalue weighted by Crippen LogP contribution is -2.00. The maximum atomic E-state index is 11.8. The first-order valence-electron chi connectivity index (χ1n) is 4.42. The van der Waals surface area contributed by atoms with E-state index in [1.807, 2.05) is 11.4 Å². The predicted octanol–water partition coefficient (Wildman–Crippen LogP) is 3.28. The lowest BCUT2D eigenvalue weighted by molar-refractivity contribution is 0.102. The van der Waals surface area contributed by atoms with Crippen LogP contribution in [0.1, 0.15) is 9.67 Å². The van der Waals surface area contributed by atoms with Crippen LogP contribution in [0.5, 0.6) is 0 Å². The molecule has 2 rings (SSSR count). The number of carbonyl (C=O) groups excluding carboxylic acids is 1. The second-order valence-corrected chi connectivity index (χ2v) is 5.62. The van der Waals surface area contributed by atoms with Gasteiger partial charge in [-0.1, -0.05) is 11.8 Å². The third-order valence-electron chi connectivity index (χ3n) is 1.76. The Bertz CT molecular complexity index is 487. The third-order valence-corrected chi connectivity index (χ3v) is 4.55. The van der Waals surface area contributed by atoms with Gasteiger partial charge in [0.1, 0.15) is 5.03 Å². The van der Waals surface area contributed by atoms with Crippen LogP contribution in [0.3, 0.4) is 0 Å². The van der Waals surface area contributed by atoms with Crippen LogP contribution in [0.15, 0.2) is 39.5 Å². The number of hydrogen-bond acceptors (Lipinski definition) is 5. The van der Waals surface area contributed by atoms with Gasteiger partial charge in [0.2, 0.25) is 0 Å². The van der Waals surface area contributed by atoms with Crippen LogP contribution in [0.25, 0.3) is 0 Å². The number of nitrogens with zero attached hydrogens (tertiary/aromatic N) is 2. The highest BCUT2D eigenvalue weighted by atomic mass is 79.9. The molecule has 0 aromatic carbocycles. The number of Topliss-reactive ketones (excluding diaryl/α,β-unsaturated/α-hetero) is 1. The molecule has 0 aliphatic rings. The summed E-state index contributed by atoms with van der Waals surface area (Å²) >= 11 is 6.19. The molecule has 2 aromatic rings. The molecule has 0 atom stereocenters. The van der Waals surface area contributed by atoms with Crippen molar-refractivity contribution in [3.63, 3.8) is 0 Å². The van der Waals surface area contributed by atoms with Gasteiger partial charge in [0.05, 0.1) is 16.8 Å². The van der Waals surface area contributed by atoms with Gasteiger partial charge < -0.3 is 0 Å². The average Bonchev–Trinajstić information content (AvgIpc) is 2.74. The molecule has 0 saturated heterocycles. The van der Waals surface area contributed by atoms with Gasteiger partial charge in [-0.2, -0.15) is 0 Å². The molecule has 0 bridgehead atoms. The first-order valence-corrected chi connectivity index (χ1v) is 7.08. The Balaban J connectivity index is 1.97. The van der Waals surface area contributed by atoms with E-state index in [4.69, 9.17) is 0 Å². The SMILES string of the molecule is O=C(CSc1cnccn1)c1sccc1Br. The van der Waals surface area contributed by atoms with Crippen molar-refractivity contribution in [3.05, 3.63) is 39.4 Å². The Morgan fingerprint density at radius 3 is 3.00 bits per heavy atom. The van der Waals surface area contributed by atoms with Crippen molar-refractivity contribution in [1.82, 2.24) is 9.97 Å². The van der Waals surface area contributed by atoms with Crippen molar-refractivity contribution >= 4 is 44.8 Å². The zero-order chi connectivity index (χ0) is 11.4. The molecule has 0 spiro atoms. The Kier molecular flexibility index (Phi) is 4.09. The van der Waals surface area contributed by atoms with Crippen molar-refractivity contribution < 1.29 is 4.79 Å². The molecule has 0 radical (unpaired) electrons. The van der Waals surface area contributed by atoms with Gasteiger partial charge >= 0.3 is 0 Å². The Morgan fingerprint density at radius 2 is 2.38 bits per heavy atom. The minimum absolute atomic E-state index is 0.109. The van der Waals surface area contributed by atoms with E-state index in [0.717, 1.165) is 14.4 Å². The summed E-state index contributed by atoms with van der Waals surface area (Å²) in [7, 11) is 0. The minimum Gasteiger partial charge on any atom is -0.292 e. The summed E-state index contributed by atoms with van der Waals surface area (Å²) in [6, 6.07) is 1.88. The summed E-state index contributed by atoms with van der Waals surface area (Å²) in [6.45, 7) is 0. The van der Waals surface area contributed by atoms with Crippen LogP contribution in [0, 0.1) is 0 Å². The number of rotatable bonds is 4. The quantitative estimate of drug-likeness (QED) is 0.641. The van der Waals surface area contributed by atoms with Gasteiger partial charge in [0.25, 0.3) is 0 Å². The second kappa shape index (κ2) is 5.56. The summed E-state index contributed by atoms with van der Waals surface area (Å²) in [5, 5.41) is 2.66. The highest BCUT2D eigenvalue weighted by molar-refractivity contribution is 9.10. The topological polar surface area (TPSA) is 42.9 Å². The summed E-state index contributed by atoms with van der Waals surface area (Å²) < 4.78 is 0.863. The largest absolute Gasteiger partial charge is 0.292 e. The van der Waals surface area contributed by atoms with Gasteiger partial charge in [0.15, 0.2) is 5.78 Å². The van der Waals surface area contributed by atoms with E-state index in [1.165, 1.54) is 23.1 Å². The Morgan fingerprint density at radius 1 is 1.50 bits per heavy atom. The van der Waals surface area contributed by atoms with Crippen molar-refractivity contribution in [2.45, 2.75) is 5.03 Å². The number of ketones is 1. The van der Waals surface area contributed by atoms with E-state index in [0.29, 0.717) is 5.75 Å². The number of carbonyl (C=O) groups is 1. The molecule has 0 unspecified atom stereocenters. The van der Waals surface area contributed by atoms with E-state index in [1.54, 1.807) is 18.6 Å². The molecular formula is C10H7BrN2OS2. The van der Waals surface area contributed by atoms with Crippen LogP contribution in [-0.2, 0) is 0 Å². The zero-order valence-corrected chi connectivity index (χ0v) is 11.3. The molecule has 2 heterocycles. The normalized spacial score (nSPS) is 10.3. The molecule has 6 heteroatoms. The van der Waals surface area contributed by atoms with E-state index >= 15 is 0 Å². The first-order chi connectivity index (χ1) is 7.77. The average molecular weight is 315 g/mol. The molecule has 0 fully saturated rings. The molecular weight excluding hydrogens is 308 g/mol. The van der Waals surface area contributed by atoms with E-state index in [9.17, 15) is 4.79 Å². The number of thioether (sulfide) groups is 1. The van der Waals surface area contributed by atoms with E-state index < -0.39 is 0 Å². The standard InChI is InChI=1S/C10H7BrN2OS2/c11-7-1-4-15-10(7)8(14)6-16-9-5-12-2-3-13-9/h1-5H,6H2. The molecule has 82 valence electrons. The van der Waals surface area contributed by atoms with Crippen molar-refractivity contribution in [1.29, 1.82) is 0 Å². The Labute approximate surface area is 109 Å². The summed E-state index contributed by atoms with van der Waals surface area (Å²) in [6.07, 6.45) is 4.89. The van der Waals surface area contributed by atoms with Gasteiger partial charge in [-0.3, -0.25) is 9.78 Å². The van der Waals surface area contributed by atoms with E-state index in [2.05, 4.69) is 25.9 Å². The second-order valence-electron chi connectivity index (χ2n) is 2.85. The fourth-order valence-corrected chi connectivity index (χ4v) is 3.38. The molecule has 0 N–H and O–H groups in total. The molecule has 16 heavy (non-hydrogen) atoms. The predicted molar refractivity (Wildman–Crippen MR) is 69.1 cm³/mol. The number of thiophene rings is 1. The van der Waals surface area contributed by atoms with Crippen LogP contribution < -0.4 is 0 Å². The zero-order valence-electron chi connectivity index (χ0n) is 8.09. The molecule has 0 amide bonds. The van der Waals surface area contributed by atoms with Crippen LogP contribution in [0.2, 0.25) is 0 Å². The molecule has 0 aliphatic carbocycles. The number of hydrogen-bond donors (Lipinski definition) is 0. The fourth-order valence-electron chi connectivity index (χ4n) is 1.06. The van der Waals surface area contributed by atoms with Gasteiger partial charge in [-0.25, -0.2) is 4.98 Å². The summed E-state index contributed by atoms with van der Waals surface area (Å²) in [4.78, 5) is 20.6. The highest BCUT2D eigenvalue weighted by Gasteiger charge is 2.12. The van der Waals surface area contributed by atoms with Gasteiger partial charge in [-0.05, 0) is 27.4 Å². The highest BCUT2D eigenvalue weighted by Crippen LogP contribution is 2.25. The molecule has 0 aliphatic heterocycles. The van der Waals surface area contributed by atoms with Crippen molar-refractivity contribution in [3.8, 4) is 0 Å². The molecule has 3 nitrogen and oxygen atoms in total. The molecule has 0 saturated carbocycles. The van der Waals surface area contributed by atoms with Gasteiger partial charge in [0, 0.05) is 16.9 Å². The smallest absolute Gasteiger partial charge is 0.184 e. The fraction of sp³-hybridized carbons (Fsp3) is 0.100. The summed E-state index contributed by atoms with van der Waals surface area (Å²) in [5.41, 5.74) is 0. The number of aromatic nitrogens is 2. The minimum atomic E-state index is 0.109. The lowest BCUT2D eigenvalue weighted by Gasteiger charge is -1.98. The van der Waals surface area contributed by atoms with Crippen molar-refractivity contribution in [2.75, 3.05) is 5.75 Å². The summed E-state index contributed by atoms with van der Waals surface area (Å²) in [5.74, 6) is 0.496. The monoisotopic (exact) mass is 314 g/mol. The van der Waals surface area contributed by atoms with Crippen LogP contribution in [-0.4, -0.2) is 21.5 Å². The van der Waals surface area contributed by atoms with Gasteiger partial charge in [-0.15, -0.1) is 11.3 Å². The Hall–Kier alpha value is -0.720.